The number of nitrogens with one attached hydrogen (secondary N) is 3. The normalized spacial score (nSPS) is 17.5. The monoisotopic (exact) mass is 574 g/mol. The molecular weight excluding hydrogens is 516 g/mol. The molecule has 1 saturated heterocycles. The van der Waals surface area contributed by atoms with Crippen LogP contribution in [0.25, 0.3) is 0 Å². The molecule has 0 unspecified atom stereocenters. The van der Waals surface area contributed by atoms with Gasteiger partial charge in [0.15, 0.2) is 6.10 Å². The zero-order valence-electron chi connectivity index (χ0n) is 27.8. The second-order valence-electron chi connectivity index (χ2n) is 13.2. The number of carbonyl (C=O) groups is 1. The number of carbonyl (C=O) groups excluding carboxylic acids is 1. The average molecular weight is 575 g/mol. The van der Waals surface area contributed by atoms with Gasteiger partial charge in [0.05, 0.1) is 24.0 Å². The van der Waals surface area contributed by atoms with Crippen LogP contribution in [0.3, 0.4) is 0 Å². The largest absolute Gasteiger partial charge is 0.467 e. The van der Waals surface area contributed by atoms with Gasteiger partial charge in [-0.05, 0) is 86.5 Å². The Kier molecular flexibility index (Phi) is 13.4. The quantitative estimate of drug-likeness (QED) is 0.106. The second kappa shape index (κ2) is 15.7. The van der Waals surface area contributed by atoms with E-state index in [9.17, 15) is 4.79 Å². The summed E-state index contributed by atoms with van der Waals surface area (Å²) in [4.78, 5) is 28.3. The standard InChI is InChI=1S/C32H58N6O3/c1-22(2)34-25(5)27(28(30(39)40-11)41-31(6,7)8)29(37-33-10)38-20-18-32(9,19-21-38)17-15-13-12-14-16-26-35-23(3)24(4)36-26/h22,28,33,37H,12-21H2,1-11H3,(H,35,36)/b29-27-,34-25-/t28-/m0/s1. The van der Waals surface area contributed by atoms with E-state index in [1.165, 1.54) is 44.9 Å². The van der Waals surface area contributed by atoms with Crippen molar-refractivity contribution in [3.8, 4) is 0 Å². The molecule has 1 aromatic heterocycles. The Morgan fingerprint density at radius 3 is 2.29 bits per heavy atom. The van der Waals surface area contributed by atoms with Crippen molar-refractivity contribution in [2.24, 2.45) is 10.4 Å². The molecule has 1 aromatic rings. The summed E-state index contributed by atoms with van der Waals surface area (Å²) in [5.41, 5.74) is 9.98. The number of hydrazine groups is 1. The van der Waals surface area contributed by atoms with Gasteiger partial charge in [0.25, 0.3) is 0 Å². The van der Waals surface area contributed by atoms with E-state index in [0.717, 1.165) is 61.0 Å². The summed E-state index contributed by atoms with van der Waals surface area (Å²) in [5.74, 6) is 1.52. The van der Waals surface area contributed by atoms with Gasteiger partial charge in [-0.3, -0.25) is 4.99 Å². The number of hydrogen-bond donors (Lipinski definition) is 3. The third-order valence-corrected chi connectivity index (χ3v) is 7.90. The maximum absolute atomic E-state index is 13.1. The first kappa shape index (κ1) is 34.8. The van der Waals surface area contributed by atoms with Crippen molar-refractivity contribution in [1.29, 1.82) is 0 Å². The van der Waals surface area contributed by atoms with Crippen LogP contribution < -0.4 is 10.9 Å². The van der Waals surface area contributed by atoms with Crippen LogP contribution in [-0.4, -0.2) is 71.5 Å². The summed E-state index contributed by atoms with van der Waals surface area (Å²) in [5, 5.41) is 0. The molecule has 2 rings (SSSR count). The third kappa shape index (κ3) is 11.1. The number of H-pyrrole nitrogens is 1. The molecule has 9 nitrogen and oxygen atoms in total. The summed E-state index contributed by atoms with van der Waals surface area (Å²) >= 11 is 0. The zero-order chi connectivity index (χ0) is 30.8. The SMILES string of the molecule is CNN/C(=C(\C(C)=N/C(C)C)[C@H](OC(C)(C)C)C(=O)OC)N1CCC(C)(CCCCCCc2nc(C)c(C)[nH]2)CC1. The molecule has 0 saturated carbocycles. The Hall–Kier alpha value is -2.39. The molecule has 41 heavy (non-hydrogen) atoms. The van der Waals surface area contributed by atoms with E-state index < -0.39 is 17.7 Å². The highest BCUT2D eigenvalue weighted by Gasteiger charge is 2.37. The highest BCUT2D eigenvalue weighted by molar-refractivity contribution is 6.04. The fraction of sp³-hybridized carbons (Fsp3) is 0.781. The van der Waals surface area contributed by atoms with E-state index in [1.807, 2.05) is 48.6 Å². The van der Waals surface area contributed by atoms with E-state index in [-0.39, 0.29) is 6.04 Å². The van der Waals surface area contributed by atoms with Crippen LogP contribution in [0.5, 0.6) is 0 Å². The molecule has 0 radical (unpaired) electrons. The Morgan fingerprint density at radius 2 is 1.78 bits per heavy atom. The number of ether oxygens (including phenoxy) is 2. The lowest BCUT2D eigenvalue weighted by Crippen LogP contribution is -2.48. The number of hydrogen-bond acceptors (Lipinski definition) is 8. The number of esters is 1. The molecule has 234 valence electrons. The third-order valence-electron chi connectivity index (χ3n) is 7.90. The summed E-state index contributed by atoms with van der Waals surface area (Å²) < 4.78 is 11.5. The maximum atomic E-state index is 13.1. The molecule has 0 bridgehead atoms. The topological polar surface area (TPSA) is 104 Å². The smallest absolute Gasteiger partial charge is 0.339 e. The van der Waals surface area contributed by atoms with Gasteiger partial charge in [-0.15, -0.1) is 0 Å². The second-order valence-corrected chi connectivity index (χ2v) is 13.2. The van der Waals surface area contributed by atoms with Crippen molar-refractivity contribution in [1.82, 2.24) is 25.7 Å². The van der Waals surface area contributed by atoms with Crippen LogP contribution in [-0.2, 0) is 20.7 Å². The first-order valence-electron chi connectivity index (χ1n) is 15.4. The number of unbranched alkanes of at least 4 members (excludes halogenated alkanes) is 3. The number of imidazole rings is 1. The van der Waals surface area contributed by atoms with E-state index >= 15 is 0 Å². The van der Waals surface area contributed by atoms with Crippen LogP contribution in [0.15, 0.2) is 16.4 Å². The summed E-state index contributed by atoms with van der Waals surface area (Å²) in [6.45, 7) is 20.2. The number of aromatic amines is 1. The van der Waals surface area contributed by atoms with Gasteiger partial charge in [0.2, 0.25) is 0 Å². The predicted molar refractivity (Wildman–Crippen MR) is 168 cm³/mol. The summed E-state index contributed by atoms with van der Waals surface area (Å²) in [6, 6.07) is 0.0748. The Labute approximate surface area is 249 Å². The van der Waals surface area contributed by atoms with Gasteiger partial charge < -0.3 is 24.8 Å². The minimum Gasteiger partial charge on any atom is -0.467 e. The molecule has 3 N–H and O–H groups in total. The van der Waals surface area contributed by atoms with Crippen molar-refractivity contribution in [2.45, 2.75) is 131 Å². The summed E-state index contributed by atoms with van der Waals surface area (Å²) in [6.07, 6.45) is 8.45. The van der Waals surface area contributed by atoms with Crippen LogP contribution in [0, 0.1) is 19.3 Å². The number of likely N-dealkylation sites (tertiary alicyclic amines) is 1. The molecule has 1 aliphatic heterocycles. The van der Waals surface area contributed by atoms with Gasteiger partial charge in [0.1, 0.15) is 11.6 Å². The molecular formula is C32H58N6O3. The van der Waals surface area contributed by atoms with E-state index in [2.05, 4.69) is 46.5 Å². The van der Waals surface area contributed by atoms with Crippen molar-refractivity contribution in [2.75, 3.05) is 27.2 Å². The van der Waals surface area contributed by atoms with Gasteiger partial charge in [0, 0.05) is 44.0 Å². The molecule has 0 aliphatic carbocycles. The number of methoxy groups -OCH3 is 1. The number of aliphatic imine (C=N–C) groups is 1. The first-order chi connectivity index (χ1) is 19.2. The minimum absolute atomic E-state index is 0.0748. The molecule has 1 fully saturated rings. The van der Waals surface area contributed by atoms with Crippen LogP contribution >= 0.6 is 0 Å². The lowest BCUT2D eigenvalue weighted by molar-refractivity contribution is -0.159. The van der Waals surface area contributed by atoms with Gasteiger partial charge in [-0.25, -0.2) is 15.2 Å². The highest BCUT2D eigenvalue weighted by Crippen LogP contribution is 2.37. The molecule has 1 atom stereocenters. The fourth-order valence-corrected chi connectivity index (χ4v) is 5.52. The molecule has 0 aromatic carbocycles. The van der Waals surface area contributed by atoms with Gasteiger partial charge >= 0.3 is 5.97 Å². The first-order valence-corrected chi connectivity index (χ1v) is 15.4. The average Bonchev–Trinajstić information content (AvgIpc) is 3.20. The highest BCUT2D eigenvalue weighted by atomic mass is 16.6. The predicted octanol–water partition coefficient (Wildman–Crippen LogP) is 5.78. The molecule has 9 heteroatoms. The number of aryl methyl sites for hydroxylation is 3. The molecule has 2 heterocycles. The van der Waals surface area contributed by atoms with Crippen molar-refractivity contribution in [3.05, 3.63) is 28.6 Å². The van der Waals surface area contributed by atoms with E-state index in [1.54, 1.807) is 0 Å². The number of nitrogens with zero attached hydrogens (tertiary/aromatic N) is 3. The van der Waals surface area contributed by atoms with E-state index in [4.69, 9.17) is 14.5 Å². The van der Waals surface area contributed by atoms with Crippen LogP contribution in [0.2, 0.25) is 0 Å². The van der Waals surface area contributed by atoms with Crippen LogP contribution in [0.1, 0.15) is 111 Å². The Morgan fingerprint density at radius 1 is 1.15 bits per heavy atom. The number of rotatable bonds is 15. The Bertz CT molecular complexity index is 1010. The van der Waals surface area contributed by atoms with E-state index in [0.29, 0.717) is 5.41 Å². The minimum atomic E-state index is -0.902. The lowest BCUT2D eigenvalue weighted by atomic mass is 9.76. The van der Waals surface area contributed by atoms with Crippen molar-refractivity contribution in [3.63, 3.8) is 0 Å². The van der Waals surface area contributed by atoms with Crippen molar-refractivity contribution < 1.29 is 14.3 Å². The van der Waals surface area contributed by atoms with Crippen molar-refractivity contribution >= 4 is 11.7 Å². The fourth-order valence-electron chi connectivity index (χ4n) is 5.52. The maximum Gasteiger partial charge on any atom is 0.339 e. The number of piperidine rings is 1. The number of aromatic nitrogens is 2. The molecule has 0 amide bonds. The Balaban J connectivity index is 2.12. The summed E-state index contributed by atoms with van der Waals surface area (Å²) in [7, 11) is 3.25. The molecule has 1 aliphatic rings. The van der Waals surface area contributed by atoms with Gasteiger partial charge in [-0.2, -0.15) is 0 Å². The lowest BCUT2D eigenvalue weighted by Gasteiger charge is -2.42. The zero-order valence-corrected chi connectivity index (χ0v) is 27.8. The van der Waals surface area contributed by atoms with Crippen LogP contribution in [0.4, 0.5) is 0 Å². The molecule has 0 spiro atoms. The van der Waals surface area contributed by atoms with Gasteiger partial charge in [-0.1, -0.05) is 26.2 Å².